The van der Waals surface area contributed by atoms with Gasteiger partial charge in [0.1, 0.15) is 10.7 Å². The standard InChI is InChI=1S/C14H11ClN2O2/c1-2-19-14(18)10-4-3-5-11-13(10)16-8-9-6-7-12(15)17(9)11/h3-8H,2H2,1H3. The molecule has 0 fully saturated rings. The Labute approximate surface area is 114 Å². The first kappa shape index (κ1) is 12.0. The number of nitrogens with zero attached hydrogens (tertiary/aromatic N) is 2. The van der Waals surface area contributed by atoms with Crippen LogP contribution in [0.2, 0.25) is 5.15 Å². The zero-order valence-electron chi connectivity index (χ0n) is 10.3. The van der Waals surface area contributed by atoms with Crippen molar-refractivity contribution < 1.29 is 9.53 Å². The van der Waals surface area contributed by atoms with Crippen LogP contribution < -0.4 is 0 Å². The first-order valence-electron chi connectivity index (χ1n) is 5.94. The number of benzene rings is 1. The van der Waals surface area contributed by atoms with Crippen LogP contribution in [-0.4, -0.2) is 22.0 Å². The van der Waals surface area contributed by atoms with Gasteiger partial charge in [-0.05, 0) is 31.2 Å². The molecule has 0 aliphatic carbocycles. The average molecular weight is 275 g/mol. The number of hydrogen-bond acceptors (Lipinski definition) is 3. The van der Waals surface area contributed by atoms with E-state index in [0.29, 0.717) is 22.8 Å². The fraction of sp³-hybridized carbons (Fsp3) is 0.143. The van der Waals surface area contributed by atoms with Gasteiger partial charge in [0.25, 0.3) is 0 Å². The van der Waals surface area contributed by atoms with Gasteiger partial charge in [-0.25, -0.2) is 4.79 Å². The third-order valence-electron chi connectivity index (χ3n) is 2.94. The van der Waals surface area contributed by atoms with Crippen LogP contribution in [0.4, 0.5) is 0 Å². The summed E-state index contributed by atoms with van der Waals surface area (Å²) in [5.41, 5.74) is 2.72. The number of carbonyl (C=O) groups is 1. The minimum atomic E-state index is -0.372. The summed E-state index contributed by atoms with van der Waals surface area (Å²) in [6, 6.07) is 9.06. The highest BCUT2D eigenvalue weighted by Gasteiger charge is 2.14. The molecule has 19 heavy (non-hydrogen) atoms. The molecule has 3 rings (SSSR count). The van der Waals surface area contributed by atoms with Crippen LogP contribution in [0.25, 0.3) is 16.6 Å². The average Bonchev–Trinajstić information content (AvgIpc) is 2.80. The number of ether oxygens (including phenoxy) is 1. The van der Waals surface area contributed by atoms with E-state index in [4.69, 9.17) is 16.3 Å². The molecule has 0 radical (unpaired) electrons. The van der Waals surface area contributed by atoms with Gasteiger partial charge in [0, 0.05) is 0 Å². The van der Waals surface area contributed by atoms with Crippen molar-refractivity contribution in [1.29, 1.82) is 0 Å². The van der Waals surface area contributed by atoms with E-state index in [1.807, 2.05) is 16.5 Å². The molecule has 5 heteroatoms. The summed E-state index contributed by atoms with van der Waals surface area (Å²) >= 11 is 6.16. The minimum absolute atomic E-state index is 0.335. The van der Waals surface area contributed by atoms with Gasteiger partial charge in [0.15, 0.2) is 0 Å². The molecule has 0 unspecified atom stereocenters. The van der Waals surface area contributed by atoms with Gasteiger partial charge in [0.05, 0.1) is 29.4 Å². The van der Waals surface area contributed by atoms with Gasteiger partial charge in [0.2, 0.25) is 0 Å². The van der Waals surface area contributed by atoms with Crippen molar-refractivity contribution in [3.8, 4) is 0 Å². The third-order valence-corrected chi connectivity index (χ3v) is 3.24. The lowest BCUT2D eigenvalue weighted by atomic mass is 10.1. The van der Waals surface area contributed by atoms with Crippen molar-refractivity contribution in [1.82, 2.24) is 9.38 Å². The SMILES string of the molecule is CCOC(=O)c1cccc2c1ncc1ccc(Cl)n12. The van der Waals surface area contributed by atoms with Crippen molar-refractivity contribution in [3.63, 3.8) is 0 Å². The molecule has 0 N–H and O–H groups in total. The zero-order chi connectivity index (χ0) is 13.4. The molecular weight excluding hydrogens is 264 g/mol. The van der Waals surface area contributed by atoms with Gasteiger partial charge < -0.3 is 4.74 Å². The maximum Gasteiger partial charge on any atom is 0.340 e. The van der Waals surface area contributed by atoms with Crippen LogP contribution >= 0.6 is 11.6 Å². The summed E-state index contributed by atoms with van der Waals surface area (Å²) in [5, 5.41) is 0.586. The Kier molecular flexibility index (Phi) is 2.87. The monoisotopic (exact) mass is 274 g/mol. The van der Waals surface area contributed by atoms with Crippen molar-refractivity contribution in [3.05, 3.63) is 47.2 Å². The van der Waals surface area contributed by atoms with Crippen LogP contribution in [0.5, 0.6) is 0 Å². The van der Waals surface area contributed by atoms with E-state index in [9.17, 15) is 4.79 Å². The maximum absolute atomic E-state index is 11.9. The second kappa shape index (κ2) is 4.55. The lowest BCUT2D eigenvalue weighted by molar-refractivity contribution is 0.0528. The topological polar surface area (TPSA) is 43.6 Å². The van der Waals surface area contributed by atoms with Crippen molar-refractivity contribution in [2.24, 2.45) is 0 Å². The van der Waals surface area contributed by atoms with Crippen molar-refractivity contribution in [2.45, 2.75) is 6.92 Å². The Balaban J connectivity index is 2.34. The first-order chi connectivity index (χ1) is 9.22. The Morgan fingerprint density at radius 1 is 1.37 bits per heavy atom. The molecule has 2 heterocycles. The minimum Gasteiger partial charge on any atom is -0.462 e. The van der Waals surface area contributed by atoms with Crippen molar-refractivity contribution >= 4 is 34.1 Å². The maximum atomic E-state index is 11.9. The quantitative estimate of drug-likeness (QED) is 0.673. The van der Waals surface area contributed by atoms with E-state index >= 15 is 0 Å². The van der Waals surface area contributed by atoms with Crippen molar-refractivity contribution in [2.75, 3.05) is 6.61 Å². The largest absolute Gasteiger partial charge is 0.462 e. The van der Waals surface area contributed by atoms with E-state index in [1.165, 1.54) is 0 Å². The Bertz CT molecular complexity index is 780. The third kappa shape index (κ3) is 1.85. The second-order valence-corrected chi connectivity index (χ2v) is 4.46. The lowest BCUT2D eigenvalue weighted by Crippen LogP contribution is -2.06. The Hall–Kier alpha value is -2.07. The van der Waals surface area contributed by atoms with Gasteiger partial charge in [-0.2, -0.15) is 0 Å². The number of rotatable bonds is 2. The molecule has 2 aromatic heterocycles. The van der Waals surface area contributed by atoms with E-state index in [1.54, 1.807) is 31.3 Å². The van der Waals surface area contributed by atoms with E-state index in [0.717, 1.165) is 11.0 Å². The highest BCUT2D eigenvalue weighted by Crippen LogP contribution is 2.23. The summed E-state index contributed by atoms with van der Waals surface area (Å²) in [5.74, 6) is -0.372. The first-order valence-corrected chi connectivity index (χ1v) is 6.32. The smallest absolute Gasteiger partial charge is 0.340 e. The summed E-state index contributed by atoms with van der Waals surface area (Å²) < 4.78 is 6.89. The van der Waals surface area contributed by atoms with Gasteiger partial charge >= 0.3 is 5.97 Å². The molecule has 0 saturated heterocycles. The molecular formula is C14H11ClN2O2. The van der Waals surface area contributed by atoms with Crippen LogP contribution in [0, 0.1) is 0 Å². The summed E-state index contributed by atoms with van der Waals surface area (Å²) in [6.45, 7) is 2.11. The van der Waals surface area contributed by atoms with E-state index in [-0.39, 0.29) is 5.97 Å². The predicted molar refractivity (Wildman–Crippen MR) is 73.7 cm³/mol. The van der Waals surface area contributed by atoms with E-state index < -0.39 is 0 Å². The molecule has 0 saturated carbocycles. The fourth-order valence-electron chi connectivity index (χ4n) is 2.13. The normalized spacial score (nSPS) is 11.1. The summed E-state index contributed by atoms with van der Waals surface area (Å²) in [7, 11) is 0. The Morgan fingerprint density at radius 3 is 3.00 bits per heavy atom. The number of carbonyl (C=O) groups excluding carboxylic acids is 1. The van der Waals surface area contributed by atoms with Crippen LogP contribution in [-0.2, 0) is 4.74 Å². The van der Waals surface area contributed by atoms with Crippen LogP contribution in [0.1, 0.15) is 17.3 Å². The number of fused-ring (bicyclic) bond motifs is 3. The van der Waals surface area contributed by atoms with E-state index in [2.05, 4.69) is 4.98 Å². The van der Waals surface area contributed by atoms with Crippen LogP contribution in [0.15, 0.2) is 36.5 Å². The molecule has 0 spiro atoms. The predicted octanol–water partition coefficient (Wildman–Crippen LogP) is 3.32. The van der Waals surface area contributed by atoms with Gasteiger partial charge in [-0.3, -0.25) is 9.38 Å². The summed E-state index contributed by atoms with van der Waals surface area (Å²) in [6.07, 6.45) is 1.69. The van der Waals surface area contributed by atoms with Crippen LogP contribution in [0.3, 0.4) is 0 Å². The molecule has 0 amide bonds. The molecule has 3 aromatic rings. The highest BCUT2D eigenvalue weighted by atomic mass is 35.5. The highest BCUT2D eigenvalue weighted by molar-refractivity contribution is 6.30. The second-order valence-electron chi connectivity index (χ2n) is 4.07. The molecule has 0 bridgehead atoms. The number of para-hydroxylation sites is 1. The summed E-state index contributed by atoms with van der Waals surface area (Å²) in [4.78, 5) is 16.3. The lowest BCUT2D eigenvalue weighted by Gasteiger charge is -2.07. The Morgan fingerprint density at radius 2 is 2.21 bits per heavy atom. The molecule has 96 valence electrons. The number of hydrogen-bond donors (Lipinski definition) is 0. The molecule has 4 nitrogen and oxygen atoms in total. The van der Waals surface area contributed by atoms with Gasteiger partial charge in [-0.1, -0.05) is 17.7 Å². The molecule has 1 aromatic carbocycles. The molecule has 0 aliphatic rings. The number of aromatic nitrogens is 2. The molecule has 0 atom stereocenters. The van der Waals surface area contributed by atoms with Gasteiger partial charge in [-0.15, -0.1) is 0 Å². The number of esters is 1. The zero-order valence-corrected chi connectivity index (χ0v) is 11.0. The molecule has 0 aliphatic heterocycles. The number of halogens is 1. The fourth-order valence-corrected chi connectivity index (χ4v) is 2.38.